The molecule has 0 bridgehead atoms. The number of fused-ring (bicyclic) bond motifs is 7. The SMILES string of the molecule is CC1(C)c2ccccc2-c2cc3c(N(c4ccc(-c5ccccc5)cc4)c4ccc5cc6ccccc6cc5c4)c4ccccc4cc3cc21. The van der Waals surface area contributed by atoms with Crippen LogP contribution in [0.15, 0.2) is 176 Å². The molecule has 1 aliphatic carbocycles. The summed E-state index contributed by atoms with van der Waals surface area (Å²) in [6.45, 7) is 4.73. The van der Waals surface area contributed by atoms with Crippen molar-refractivity contribution in [2.24, 2.45) is 0 Å². The molecule has 0 saturated heterocycles. The lowest BCUT2D eigenvalue weighted by Gasteiger charge is -2.29. The van der Waals surface area contributed by atoms with E-state index >= 15 is 0 Å². The standard InChI is InChI=1S/C49H35N/c1-49(2)46-19-11-10-18-43(46)45-31-44-39(30-47(45)49)28-37-16-8-9-17-42(37)48(44)50(40-23-20-33(21-24-40)32-12-4-3-5-13-32)41-25-22-36-26-34-14-6-7-15-35(34)27-38(36)29-41/h3-31H,1-2H3. The van der Waals surface area contributed by atoms with Crippen LogP contribution >= 0.6 is 0 Å². The molecule has 9 aromatic rings. The van der Waals surface area contributed by atoms with E-state index in [2.05, 4.69) is 195 Å². The third kappa shape index (κ3) is 4.40. The molecule has 0 unspecified atom stereocenters. The van der Waals surface area contributed by atoms with Crippen LogP contribution in [0.1, 0.15) is 25.0 Å². The van der Waals surface area contributed by atoms with Crippen molar-refractivity contribution in [2.75, 3.05) is 4.90 Å². The highest BCUT2D eigenvalue weighted by Crippen LogP contribution is 2.52. The van der Waals surface area contributed by atoms with Gasteiger partial charge in [0.1, 0.15) is 0 Å². The minimum atomic E-state index is -0.0694. The molecule has 0 atom stereocenters. The first kappa shape index (κ1) is 28.8. The summed E-state index contributed by atoms with van der Waals surface area (Å²) in [5, 5.41) is 9.97. The zero-order valence-electron chi connectivity index (χ0n) is 28.2. The first-order valence-electron chi connectivity index (χ1n) is 17.5. The maximum Gasteiger partial charge on any atom is 0.0618 e. The normalized spacial score (nSPS) is 13.2. The van der Waals surface area contributed by atoms with Gasteiger partial charge in [0.05, 0.1) is 5.69 Å². The fraction of sp³-hybridized carbons (Fsp3) is 0.0612. The number of hydrogen-bond acceptors (Lipinski definition) is 1. The van der Waals surface area contributed by atoms with E-state index in [0.717, 1.165) is 11.4 Å². The van der Waals surface area contributed by atoms with Crippen molar-refractivity contribution in [3.8, 4) is 22.3 Å². The Morgan fingerprint density at radius 3 is 1.76 bits per heavy atom. The minimum absolute atomic E-state index is 0.0694. The lowest BCUT2D eigenvalue weighted by Crippen LogP contribution is -2.15. The van der Waals surface area contributed by atoms with Gasteiger partial charge in [0.15, 0.2) is 0 Å². The molecule has 10 rings (SSSR count). The molecule has 0 amide bonds. The maximum absolute atomic E-state index is 2.49. The molecule has 9 aromatic carbocycles. The Morgan fingerprint density at radius 2 is 0.960 bits per heavy atom. The van der Waals surface area contributed by atoms with Gasteiger partial charge in [0.25, 0.3) is 0 Å². The van der Waals surface area contributed by atoms with Crippen LogP contribution in [0.2, 0.25) is 0 Å². The van der Waals surface area contributed by atoms with Gasteiger partial charge in [-0.1, -0.05) is 135 Å². The molecule has 0 spiro atoms. The smallest absolute Gasteiger partial charge is 0.0618 e. The third-order valence-electron chi connectivity index (χ3n) is 10.9. The van der Waals surface area contributed by atoms with Crippen LogP contribution in [0.5, 0.6) is 0 Å². The third-order valence-corrected chi connectivity index (χ3v) is 10.9. The van der Waals surface area contributed by atoms with E-state index in [1.807, 2.05) is 0 Å². The summed E-state index contributed by atoms with van der Waals surface area (Å²) < 4.78 is 0. The van der Waals surface area contributed by atoms with Gasteiger partial charge in [-0.15, -0.1) is 0 Å². The fourth-order valence-electron chi connectivity index (χ4n) is 8.39. The molecule has 0 fully saturated rings. The highest BCUT2D eigenvalue weighted by molar-refractivity contribution is 6.16. The summed E-state index contributed by atoms with van der Waals surface area (Å²) in [7, 11) is 0. The van der Waals surface area contributed by atoms with Crippen molar-refractivity contribution >= 4 is 60.2 Å². The number of anilines is 3. The van der Waals surface area contributed by atoms with Crippen LogP contribution in [-0.4, -0.2) is 0 Å². The van der Waals surface area contributed by atoms with Crippen molar-refractivity contribution in [3.05, 3.63) is 187 Å². The lowest BCUT2D eigenvalue weighted by atomic mass is 9.81. The Hall–Kier alpha value is -6.18. The van der Waals surface area contributed by atoms with E-state index in [1.165, 1.54) is 82.2 Å². The summed E-state index contributed by atoms with van der Waals surface area (Å²) in [5.74, 6) is 0. The molecule has 0 aromatic heterocycles. The first-order chi connectivity index (χ1) is 24.5. The van der Waals surface area contributed by atoms with Crippen LogP contribution in [0, 0.1) is 0 Å². The Kier molecular flexibility index (Phi) is 6.29. The van der Waals surface area contributed by atoms with Gasteiger partial charge in [0, 0.05) is 27.6 Å². The largest absolute Gasteiger partial charge is 0.309 e. The molecule has 0 N–H and O–H groups in total. The van der Waals surface area contributed by atoms with E-state index in [1.54, 1.807) is 0 Å². The van der Waals surface area contributed by atoms with Crippen molar-refractivity contribution in [2.45, 2.75) is 19.3 Å². The second-order valence-electron chi connectivity index (χ2n) is 14.2. The molecule has 1 heteroatoms. The Balaban J connectivity index is 1.28. The number of nitrogens with zero attached hydrogens (tertiary/aromatic N) is 1. The van der Waals surface area contributed by atoms with Gasteiger partial charge in [-0.25, -0.2) is 0 Å². The highest BCUT2D eigenvalue weighted by atomic mass is 15.1. The quantitative estimate of drug-likeness (QED) is 0.174. The molecule has 0 saturated carbocycles. The maximum atomic E-state index is 2.49. The van der Waals surface area contributed by atoms with E-state index in [9.17, 15) is 0 Å². The molecule has 50 heavy (non-hydrogen) atoms. The molecular weight excluding hydrogens is 603 g/mol. The number of rotatable bonds is 4. The molecule has 0 heterocycles. The van der Waals surface area contributed by atoms with Crippen molar-refractivity contribution < 1.29 is 0 Å². The zero-order valence-corrected chi connectivity index (χ0v) is 28.2. The molecule has 0 aliphatic heterocycles. The van der Waals surface area contributed by atoms with E-state index < -0.39 is 0 Å². The van der Waals surface area contributed by atoms with Crippen molar-refractivity contribution in [1.29, 1.82) is 0 Å². The second kappa shape index (κ2) is 10.9. The molecule has 1 nitrogen and oxygen atoms in total. The average molecular weight is 638 g/mol. The Morgan fingerprint density at radius 1 is 0.360 bits per heavy atom. The van der Waals surface area contributed by atoms with Gasteiger partial charge in [-0.05, 0) is 120 Å². The fourth-order valence-corrected chi connectivity index (χ4v) is 8.39. The van der Waals surface area contributed by atoms with Crippen molar-refractivity contribution in [1.82, 2.24) is 0 Å². The van der Waals surface area contributed by atoms with Gasteiger partial charge < -0.3 is 4.90 Å². The molecular formula is C49H35N. The lowest BCUT2D eigenvalue weighted by molar-refractivity contribution is 0.661. The number of benzene rings is 9. The predicted molar refractivity (Wildman–Crippen MR) is 214 cm³/mol. The topological polar surface area (TPSA) is 3.24 Å². The van der Waals surface area contributed by atoms with Gasteiger partial charge in [0.2, 0.25) is 0 Å². The van der Waals surface area contributed by atoms with Crippen LogP contribution < -0.4 is 4.90 Å². The molecule has 236 valence electrons. The molecule has 0 radical (unpaired) electrons. The summed E-state index contributed by atoms with van der Waals surface area (Å²) in [4.78, 5) is 2.49. The van der Waals surface area contributed by atoms with E-state index in [0.29, 0.717) is 0 Å². The van der Waals surface area contributed by atoms with Gasteiger partial charge >= 0.3 is 0 Å². The van der Waals surface area contributed by atoms with Gasteiger partial charge in [-0.2, -0.15) is 0 Å². The summed E-state index contributed by atoms with van der Waals surface area (Å²) in [6.07, 6.45) is 0. The van der Waals surface area contributed by atoms with Crippen LogP contribution in [0.25, 0.3) is 65.3 Å². The average Bonchev–Trinajstić information content (AvgIpc) is 3.38. The van der Waals surface area contributed by atoms with Crippen LogP contribution in [-0.2, 0) is 5.41 Å². The van der Waals surface area contributed by atoms with Crippen LogP contribution in [0.3, 0.4) is 0 Å². The Bertz CT molecular complexity index is 2770. The predicted octanol–water partition coefficient (Wildman–Crippen LogP) is 13.7. The summed E-state index contributed by atoms with van der Waals surface area (Å²) in [5.41, 5.74) is 11.3. The number of hydrogen-bond donors (Lipinski definition) is 0. The molecule has 1 aliphatic rings. The first-order valence-corrected chi connectivity index (χ1v) is 17.5. The monoisotopic (exact) mass is 637 g/mol. The Labute approximate surface area is 292 Å². The highest BCUT2D eigenvalue weighted by Gasteiger charge is 2.36. The van der Waals surface area contributed by atoms with E-state index in [-0.39, 0.29) is 5.41 Å². The van der Waals surface area contributed by atoms with Crippen molar-refractivity contribution in [3.63, 3.8) is 0 Å². The zero-order chi connectivity index (χ0) is 33.4. The summed E-state index contributed by atoms with van der Waals surface area (Å²) >= 11 is 0. The summed E-state index contributed by atoms with van der Waals surface area (Å²) in [6, 6.07) is 65.1. The van der Waals surface area contributed by atoms with E-state index in [4.69, 9.17) is 0 Å². The second-order valence-corrected chi connectivity index (χ2v) is 14.2. The van der Waals surface area contributed by atoms with Gasteiger partial charge in [-0.3, -0.25) is 0 Å². The van der Waals surface area contributed by atoms with Crippen LogP contribution in [0.4, 0.5) is 17.1 Å². The minimum Gasteiger partial charge on any atom is -0.309 e.